The molecule has 0 aliphatic rings. The number of benzene rings is 1. The van der Waals surface area contributed by atoms with Gasteiger partial charge in [-0.15, -0.1) is 0 Å². The minimum absolute atomic E-state index is 0.279. The van der Waals surface area contributed by atoms with Gasteiger partial charge in [0.25, 0.3) is 11.8 Å². The van der Waals surface area contributed by atoms with Crippen molar-refractivity contribution in [2.75, 3.05) is 5.32 Å². The molecule has 104 valence electrons. The second-order valence-electron chi connectivity index (χ2n) is 4.35. The molecule has 1 heterocycles. The van der Waals surface area contributed by atoms with E-state index in [0.717, 1.165) is 0 Å². The number of hydrogen-bond donors (Lipinski definition) is 2. The molecule has 0 radical (unpaired) electrons. The van der Waals surface area contributed by atoms with Crippen LogP contribution in [0.15, 0.2) is 30.5 Å². The number of aromatic nitrogens is 2. The first-order valence-electron chi connectivity index (χ1n) is 6.27. The van der Waals surface area contributed by atoms with E-state index in [0.29, 0.717) is 23.5 Å². The third-order valence-corrected chi connectivity index (χ3v) is 2.96. The number of carbonyl (C=O) groups excluding carboxylic acids is 2. The Hall–Kier alpha value is -2.63. The average molecular weight is 272 g/mol. The van der Waals surface area contributed by atoms with Crippen molar-refractivity contribution in [3.63, 3.8) is 0 Å². The van der Waals surface area contributed by atoms with E-state index in [-0.39, 0.29) is 11.5 Å². The lowest BCUT2D eigenvalue weighted by atomic mass is 10.1. The van der Waals surface area contributed by atoms with E-state index in [9.17, 15) is 9.59 Å². The molecule has 20 heavy (non-hydrogen) atoms. The molecule has 0 bridgehead atoms. The summed E-state index contributed by atoms with van der Waals surface area (Å²) in [7, 11) is 0. The summed E-state index contributed by atoms with van der Waals surface area (Å²) in [6.45, 7) is 4.39. The minimum Gasteiger partial charge on any atom is -0.366 e. The van der Waals surface area contributed by atoms with Crippen LogP contribution in [-0.2, 0) is 6.54 Å². The first-order valence-corrected chi connectivity index (χ1v) is 6.27. The number of rotatable bonds is 4. The van der Waals surface area contributed by atoms with Crippen LogP contribution in [-0.4, -0.2) is 21.6 Å². The van der Waals surface area contributed by atoms with E-state index in [4.69, 9.17) is 5.73 Å². The lowest BCUT2D eigenvalue weighted by Crippen LogP contribution is -2.18. The summed E-state index contributed by atoms with van der Waals surface area (Å²) in [5, 5.41) is 6.91. The Morgan fingerprint density at radius 3 is 2.60 bits per heavy atom. The number of hydrogen-bond acceptors (Lipinski definition) is 3. The van der Waals surface area contributed by atoms with E-state index < -0.39 is 5.91 Å². The van der Waals surface area contributed by atoms with Gasteiger partial charge in [0.05, 0.1) is 22.5 Å². The highest BCUT2D eigenvalue weighted by Crippen LogP contribution is 2.16. The van der Waals surface area contributed by atoms with Gasteiger partial charge in [0, 0.05) is 12.7 Å². The Labute approximate surface area is 116 Å². The second kappa shape index (κ2) is 5.56. The van der Waals surface area contributed by atoms with Gasteiger partial charge in [-0.25, -0.2) is 0 Å². The van der Waals surface area contributed by atoms with Gasteiger partial charge >= 0.3 is 0 Å². The fourth-order valence-corrected chi connectivity index (χ4v) is 1.90. The van der Waals surface area contributed by atoms with Gasteiger partial charge in [-0.3, -0.25) is 14.3 Å². The molecule has 1 aromatic heterocycles. The molecule has 2 rings (SSSR count). The molecule has 0 atom stereocenters. The number of para-hydroxylation sites is 1. The molecule has 0 aliphatic heterocycles. The second-order valence-corrected chi connectivity index (χ2v) is 4.35. The number of primary amides is 1. The van der Waals surface area contributed by atoms with Gasteiger partial charge < -0.3 is 11.1 Å². The van der Waals surface area contributed by atoms with Crippen LogP contribution in [0.4, 0.5) is 5.69 Å². The van der Waals surface area contributed by atoms with Crippen molar-refractivity contribution in [3.05, 3.63) is 47.3 Å². The molecule has 2 aromatic rings. The van der Waals surface area contributed by atoms with Crippen molar-refractivity contribution in [3.8, 4) is 0 Å². The highest BCUT2D eigenvalue weighted by molar-refractivity contribution is 6.09. The standard InChI is InChI=1S/C14H16N4O2/c1-3-18-8-11(9(2)17-18)14(20)16-12-7-5-4-6-10(12)13(15)19/h4-8H,3H2,1-2H3,(H2,15,19)(H,16,20). The summed E-state index contributed by atoms with van der Waals surface area (Å²) in [5.74, 6) is -0.891. The maximum atomic E-state index is 12.2. The molecule has 1 aromatic carbocycles. The summed E-state index contributed by atoms with van der Waals surface area (Å²) >= 11 is 0. The molecule has 0 aliphatic carbocycles. The number of amides is 2. The average Bonchev–Trinajstić information content (AvgIpc) is 2.80. The normalized spacial score (nSPS) is 10.3. The van der Waals surface area contributed by atoms with Crippen LogP contribution in [0.1, 0.15) is 33.3 Å². The number of nitrogens with zero attached hydrogens (tertiary/aromatic N) is 2. The molecule has 6 heteroatoms. The minimum atomic E-state index is -0.582. The zero-order chi connectivity index (χ0) is 14.7. The quantitative estimate of drug-likeness (QED) is 0.885. The van der Waals surface area contributed by atoms with E-state index in [1.165, 1.54) is 0 Å². The smallest absolute Gasteiger partial charge is 0.259 e. The van der Waals surface area contributed by atoms with Gasteiger partial charge in [-0.05, 0) is 26.0 Å². The molecule has 6 nitrogen and oxygen atoms in total. The van der Waals surface area contributed by atoms with Crippen molar-refractivity contribution >= 4 is 17.5 Å². The summed E-state index contributed by atoms with van der Waals surface area (Å²) in [6.07, 6.45) is 1.68. The van der Waals surface area contributed by atoms with Gasteiger partial charge in [-0.2, -0.15) is 5.10 Å². The van der Waals surface area contributed by atoms with E-state index in [1.807, 2.05) is 6.92 Å². The van der Waals surface area contributed by atoms with Gasteiger partial charge in [0.1, 0.15) is 0 Å². The number of anilines is 1. The molecule has 3 N–H and O–H groups in total. The maximum Gasteiger partial charge on any atom is 0.259 e. The fraction of sp³-hybridized carbons (Fsp3) is 0.214. The highest BCUT2D eigenvalue weighted by atomic mass is 16.2. The number of nitrogens with two attached hydrogens (primary N) is 1. The number of nitrogens with one attached hydrogen (secondary N) is 1. The topological polar surface area (TPSA) is 90.0 Å². The van der Waals surface area contributed by atoms with Gasteiger partial charge in [-0.1, -0.05) is 12.1 Å². The first kappa shape index (κ1) is 13.8. The van der Waals surface area contributed by atoms with Crippen molar-refractivity contribution in [2.24, 2.45) is 5.73 Å². The Kier molecular flexibility index (Phi) is 3.84. The zero-order valence-corrected chi connectivity index (χ0v) is 11.4. The Bertz CT molecular complexity index is 661. The Balaban J connectivity index is 2.28. The molecular formula is C14H16N4O2. The first-order chi connectivity index (χ1) is 9.52. The summed E-state index contributed by atoms with van der Waals surface area (Å²) in [6, 6.07) is 6.62. The molecule has 0 saturated carbocycles. The molecule has 0 spiro atoms. The van der Waals surface area contributed by atoms with Crippen LogP contribution in [0.3, 0.4) is 0 Å². The van der Waals surface area contributed by atoms with E-state index >= 15 is 0 Å². The van der Waals surface area contributed by atoms with Crippen LogP contribution >= 0.6 is 0 Å². The van der Waals surface area contributed by atoms with Crippen LogP contribution in [0.2, 0.25) is 0 Å². The molecule has 2 amide bonds. The van der Waals surface area contributed by atoms with E-state index in [2.05, 4.69) is 10.4 Å². The third-order valence-electron chi connectivity index (χ3n) is 2.96. The van der Waals surface area contributed by atoms with Crippen LogP contribution < -0.4 is 11.1 Å². The molecule has 0 fully saturated rings. The fourth-order valence-electron chi connectivity index (χ4n) is 1.90. The van der Waals surface area contributed by atoms with Gasteiger partial charge in [0.2, 0.25) is 0 Å². The zero-order valence-electron chi connectivity index (χ0n) is 11.4. The molecule has 0 saturated heterocycles. The number of carbonyl (C=O) groups is 2. The summed E-state index contributed by atoms with van der Waals surface area (Å²) in [4.78, 5) is 23.5. The van der Waals surface area contributed by atoms with Crippen molar-refractivity contribution < 1.29 is 9.59 Å². The lowest BCUT2D eigenvalue weighted by molar-refractivity contribution is 0.100. The Morgan fingerprint density at radius 2 is 2.00 bits per heavy atom. The lowest BCUT2D eigenvalue weighted by Gasteiger charge is -2.07. The number of aryl methyl sites for hydroxylation is 2. The predicted octanol–water partition coefficient (Wildman–Crippen LogP) is 1.56. The van der Waals surface area contributed by atoms with Crippen molar-refractivity contribution in [1.29, 1.82) is 0 Å². The van der Waals surface area contributed by atoms with Crippen LogP contribution in [0.25, 0.3) is 0 Å². The van der Waals surface area contributed by atoms with E-state index in [1.54, 1.807) is 42.1 Å². The third kappa shape index (κ3) is 2.69. The monoisotopic (exact) mass is 272 g/mol. The Morgan fingerprint density at radius 1 is 1.30 bits per heavy atom. The maximum absolute atomic E-state index is 12.2. The summed E-state index contributed by atoms with van der Waals surface area (Å²) in [5.41, 5.74) is 7.07. The largest absolute Gasteiger partial charge is 0.366 e. The molecular weight excluding hydrogens is 256 g/mol. The molecule has 0 unspecified atom stereocenters. The van der Waals surface area contributed by atoms with Crippen molar-refractivity contribution in [1.82, 2.24) is 9.78 Å². The van der Waals surface area contributed by atoms with Crippen LogP contribution in [0, 0.1) is 6.92 Å². The highest BCUT2D eigenvalue weighted by Gasteiger charge is 2.15. The predicted molar refractivity (Wildman–Crippen MR) is 75.6 cm³/mol. The summed E-state index contributed by atoms with van der Waals surface area (Å²) < 4.78 is 1.68. The van der Waals surface area contributed by atoms with Gasteiger partial charge in [0.15, 0.2) is 0 Å². The van der Waals surface area contributed by atoms with Crippen molar-refractivity contribution in [2.45, 2.75) is 20.4 Å². The van der Waals surface area contributed by atoms with Crippen LogP contribution in [0.5, 0.6) is 0 Å². The SMILES string of the molecule is CCn1cc(C(=O)Nc2ccccc2C(N)=O)c(C)n1.